The van der Waals surface area contributed by atoms with Gasteiger partial charge in [0, 0.05) is 52.4 Å². The van der Waals surface area contributed by atoms with Crippen molar-refractivity contribution in [3.8, 4) is 0 Å². The highest BCUT2D eigenvalue weighted by Gasteiger charge is 2.35. The van der Waals surface area contributed by atoms with Crippen LogP contribution in [-0.4, -0.2) is 72.0 Å². The van der Waals surface area contributed by atoms with Crippen molar-refractivity contribution in [1.82, 2.24) is 19.6 Å². The minimum Gasteiger partial charge on any atom is -0.357 e. The summed E-state index contributed by atoms with van der Waals surface area (Å²) in [6, 6.07) is 1.14. The maximum absolute atomic E-state index is 2.55. The van der Waals surface area contributed by atoms with E-state index in [1.807, 2.05) is 0 Å². The van der Waals surface area contributed by atoms with Crippen molar-refractivity contribution in [1.29, 1.82) is 0 Å². The molecule has 2 heterocycles. The lowest BCUT2D eigenvalue weighted by molar-refractivity contribution is 0.233. The monoisotopic (exact) mass is 252 g/mol. The van der Waals surface area contributed by atoms with Crippen molar-refractivity contribution in [2.24, 2.45) is 0 Å². The molecule has 2 aliphatic rings. The van der Waals surface area contributed by atoms with Gasteiger partial charge in [-0.15, -0.1) is 0 Å². The molecule has 0 aromatic carbocycles. The summed E-state index contributed by atoms with van der Waals surface area (Å²) in [4.78, 5) is 9.89. The van der Waals surface area contributed by atoms with Gasteiger partial charge in [-0.25, -0.2) is 0 Å². The van der Waals surface area contributed by atoms with Gasteiger partial charge in [-0.05, 0) is 27.7 Å². The number of likely N-dealkylation sites (N-methyl/N-ethyl adjacent to an activating group) is 2. The van der Waals surface area contributed by atoms with E-state index in [9.17, 15) is 0 Å². The Kier molecular flexibility index (Phi) is 3.64. The Balaban J connectivity index is 2.42. The highest BCUT2D eigenvalue weighted by Crippen LogP contribution is 2.30. The van der Waals surface area contributed by atoms with E-state index >= 15 is 0 Å². The van der Waals surface area contributed by atoms with E-state index in [2.05, 4.69) is 61.4 Å². The van der Waals surface area contributed by atoms with E-state index < -0.39 is 0 Å². The van der Waals surface area contributed by atoms with Crippen molar-refractivity contribution in [2.75, 3.05) is 40.3 Å². The first-order chi connectivity index (χ1) is 8.43. The van der Waals surface area contributed by atoms with Crippen LogP contribution < -0.4 is 0 Å². The molecule has 4 nitrogen and oxygen atoms in total. The lowest BCUT2D eigenvalue weighted by Gasteiger charge is -2.34. The van der Waals surface area contributed by atoms with Gasteiger partial charge in [0.1, 0.15) is 11.6 Å². The Hall–Kier alpha value is -1.06. The molecule has 0 aromatic heterocycles. The van der Waals surface area contributed by atoms with Crippen LogP contribution in [-0.2, 0) is 0 Å². The standard InChI is InChI=1S/C14H28N4/c1-11(2)17-9-10-18(12(3)4)14(17)13-15(5)7-8-16(13)6/h11-12H,7-10H2,1-6H3. The third-order valence-corrected chi connectivity index (χ3v) is 4.07. The van der Waals surface area contributed by atoms with Gasteiger partial charge in [0.15, 0.2) is 0 Å². The van der Waals surface area contributed by atoms with Crippen molar-refractivity contribution in [3.63, 3.8) is 0 Å². The van der Waals surface area contributed by atoms with E-state index in [-0.39, 0.29) is 0 Å². The summed E-state index contributed by atoms with van der Waals surface area (Å²) in [5.41, 5.74) is 0. The Labute approximate surface area is 112 Å². The molecule has 2 fully saturated rings. The summed E-state index contributed by atoms with van der Waals surface area (Å²) >= 11 is 0. The quantitative estimate of drug-likeness (QED) is 0.737. The van der Waals surface area contributed by atoms with Crippen LogP contribution >= 0.6 is 0 Å². The molecule has 4 heteroatoms. The smallest absolute Gasteiger partial charge is 0.146 e. The Morgan fingerprint density at radius 3 is 1.39 bits per heavy atom. The fourth-order valence-corrected chi connectivity index (χ4v) is 3.00. The van der Waals surface area contributed by atoms with Gasteiger partial charge in [-0.1, -0.05) is 0 Å². The second-order valence-electron chi connectivity index (χ2n) is 6.06. The fourth-order valence-electron chi connectivity index (χ4n) is 3.00. The molecule has 0 amide bonds. The summed E-state index contributed by atoms with van der Waals surface area (Å²) in [7, 11) is 4.42. The molecule has 0 unspecified atom stereocenters. The average molecular weight is 252 g/mol. The van der Waals surface area contributed by atoms with E-state index in [4.69, 9.17) is 0 Å². The molecule has 0 N–H and O–H groups in total. The van der Waals surface area contributed by atoms with E-state index in [0.717, 1.165) is 26.2 Å². The Morgan fingerprint density at radius 2 is 1.06 bits per heavy atom. The Morgan fingerprint density at radius 1 is 0.667 bits per heavy atom. The predicted octanol–water partition coefficient (Wildman–Crippen LogP) is 1.42. The molecule has 2 rings (SSSR count). The third-order valence-electron chi connectivity index (χ3n) is 4.07. The van der Waals surface area contributed by atoms with Gasteiger partial charge in [-0.3, -0.25) is 0 Å². The zero-order chi connectivity index (χ0) is 13.4. The van der Waals surface area contributed by atoms with Crippen LogP contribution in [0.2, 0.25) is 0 Å². The van der Waals surface area contributed by atoms with Crippen LogP contribution in [0.5, 0.6) is 0 Å². The lowest BCUT2D eigenvalue weighted by Crippen LogP contribution is -2.37. The van der Waals surface area contributed by atoms with Crippen LogP contribution in [0.1, 0.15) is 27.7 Å². The minimum absolute atomic E-state index is 0.568. The molecule has 0 aromatic rings. The van der Waals surface area contributed by atoms with Crippen LogP contribution in [0, 0.1) is 0 Å². The van der Waals surface area contributed by atoms with Gasteiger partial charge in [0.2, 0.25) is 0 Å². The molecule has 2 aliphatic heterocycles. The van der Waals surface area contributed by atoms with Crippen LogP contribution in [0.25, 0.3) is 0 Å². The van der Waals surface area contributed by atoms with E-state index in [1.165, 1.54) is 11.6 Å². The van der Waals surface area contributed by atoms with Crippen molar-refractivity contribution in [3.05, 3.63) is 11.6 Å². The Bertz CT molecular complexity index is 305. The topological polar surface area (TPSA) is 13.0 Å². The molecular formula is C14H28N4. The third kappa shape index (κ3) is 2.13. The largest absolute Gasteiger partial charge is 0.357 e. The van der Waals surface area contributed by atoms with Crippen LogP contribution in [0.4, 0.5) is 0 Å². The summed E-state index contributed by atoms with van der Waals surface area (Å²) in [6.45, 7) is 13.7. The minimum atomic E-state index is 0.568. The van der Waals surface area contributed by atoms with Crippen molar-refractivity contribution in [2.45, 2.75) is 39.8 Å². The second-order valence-corrected chi connectivity index (χ2v) is 6.06. The summed E-state index contributed by atoms with van der Waals surface area (Å²) in [5.74, 6) is 2.83. The summed E-state index contributed by atoms with van der Waals surface area (Å²) < 4.78 is 0. The molecule has 0 radical (unpaired) electrons. The first-order valence-electron chi connectivity index (χ1n) is 7.13. The van der Waals surface area contributed by atoms with E-state index in [1.54, 1.807) is 0 Å². The number of nitrogens with zero attached hydrogens (tertiary/aromatic N) is 4. The van der Waals surface area contributed by atoms with Crippen LogP contribution in [0.15, 0.2) is 11.6 Å². The maximum Gasteiger partial charge on any atom is 0.146 e. The molecule has 0 aliphatic carbocycles. The molecule has 0 spiro atoms. The summed E-state index contributed by atoms with van der Waals surface area (Å²) in [5, 5.41) is 0. The first-order valence-corrected chi connectivity index (χ1v) is 7.13. The van der Waals surface area contributed by atoms with Gasteiger partial charge in [0.05, 0.1) is 0 Å². The normalized spacial score (nSPS) is 21.3. The van der Waals surface area contributed by atoms with Gasteiger partial charge in [0.25, 0.3) is 0 Å². The van der Waals surface area contributed by atoms with Crippen molar-refractivity contribution < 1.29 is 0 Å². The van der Waals surface area contributed by atoms with E-state index in [0.29, 0.717) is 12.1 Å². The van der Waals surface area contributed by atoms with Gasteiger partial charge in [-0.2, -0.15) is 0 Å². The van der Waals surface area contributed by atoms with Gasteiger partial charge < -0.3 is 19.6 Å². The van der Waals surface area contributed by atoms with Crippen LogP contribution in [0.3, 0.4) is 0 Å². The molecule has 18 heavy (non-hydrogen) atoms. The molecule has 0 atom stereocenters. The maximum atomic E-state index is 2.55. The number of rotatable bonds is 2. The molecule has 104 valence electrons. The second kappa shape index (κ2) is 4.90. The number of hydrogen-bond acceptors (Lipinski definition) is 4. The molecule has 0 bridgehead atoms. The first kappa shape index (κ1) is 13.4. The predicted molar refractivity (Wildman–Crippen MR) is 76.0 cm³/mol. The highest BCUT2D eigenvalue weighted by atomic mass is 15.5. The molecule has 2 saturated heterocycles. The molecular weight excluding hydrogens is 224 g/mol. The van der Waals surface area contributed by atoms with Crippen molar-refractivity contribution >= 4 is 0 Å². The summed E-state index contributed by atoms with van der Waals surface area (Å²) in [6.07, 6.45) is 0. The number of hydrogen-bond donors (Lipinski definition) is 0. The zero-order valence-electron chi connectivity index (χ0n) is 12.8. The highest BCUT2D eigenvalue weighted by molar-refractivity contribution is 5.18. The fraction of sp³-hybridized carbons (Fsp3) is 0.857. The zero-order valence-corrected chi connectivity index (χ0v) is 12.8. The van der Waals surface area contributed by atoms with Gasteiger partial charge >= 0.3 is 0 Å². The SMILES string of the molecule is CC(C)N1CCN(C(C)C)C1=C1N(C)CCN1C. The molecule has 0 saturated carbocycles. The average Bonchev–Trinajstić information content (AvgIpc) is 2.82. The lowest BCUT2D eigenvalue weighted by atomic mass is 10.3.